The van der Waals surface area contributed by atoms with Gasteiger partial charge in [0.1, 0.15) is 0 Å². The minimum absolute atomic E-state index is 0.723. The van der Waals surface area contributed by atoms with E-state index >= 15 is 0 Å². The van der Waals surface area contributed by atoms with Crippen molar-refractivity contribution in [2.24, 2.45) is 11.8 Å². The summed E-state index contributed by atoms with van der Waals surface area (Å²) in [4.78, 5) is 0. The number of carbonyl (C=O) groups excluding carboxylic acids is 1. The topological polar surface area (TPSA) is 11.3 Å². The predicted octanol–water partition coefficient (Wildman–Crippen LogP) is 6.01. The molecule has 2 aliphatic rings. The molecule has 0 saturated carbocycles. The standard InChI is InChI=1S/C24H30O/c1-5-21-11-6-7-12-24(21)22-13-15-23(16-14-22)25-18-17-20(4)10-8-9-19(2)3/h1,5-6,11-16,19-20H,8-10,17-18H2,2-4H3. The first-order chi connectivity index (χ1) is 12.1. The summed E-state index contributed by atoms with van der Waals surface area (Å²) in [6.45, 7) is 13.4. The van der Waals surface area contributed by atoms with E-state index in [4.69, 9.17) is 11.0 Å². The lowest BCUT2D eigenvalue weighted by molar-refractivity contribution is -0.457. The molecule has 2 rings (SSSR count). The van der Waals surface area contributed by atoms with Gasteiger partial charge in [-0.15, -0.1) is 11.8 Å². The smallest absolute Gasteiger partial charge is 0.292 e. The van der Waals surface area contributed by atoms with Crippen LogP contribution in [0.3, 0.4) is 0 Å². The molecule has 0 radical (unpaired) electrons. The van der Waals surface area contributed by atoms with Gasteiger partial charge in [-0.3, -0.25) is 11.0 Å². The highest BCUT2D eigenvalue weighted by atomic mass is 16.4. The minimum atomic E-state index is 0.723. The van der Waals surface area contributed by atoms with E-state index in [1.165, 1.54) is 19.3 Å². The van der Waals surface area contributed by atoms with Crippen molar-refractivity contribution in [2.45, 2.75) is 46.5 Å². The molecule has 0 amide bonds. The van der Waals surface area contributed by atoms with Crippen LogP contribution in [-0.4, -0.2) is 12.4 Å². The van der Waals surface area contributed by atoms with Crippen molar-refractivity contribution < 1.29 is 4.42 Å². The molecule has 0 spiro atoms. The molecule has 0 fully saturated rings. The number of allylic oxidation sites excluding steroid dienone is 10. The van der Waals surface area contributed by atoms with Crippen molar-refractivity contribution in [1.82, 2.24) is 0 Å². The van der Waals surface area contributed by atoms with Crippen LogP contribution >= 0.6 is 0 Å². The first kappa shape index (κ1) is 19.2. The third kappa shape index (κ3) is 6.36. The molecule has 0 saturated heterocycles. The Morgan fingerprint density at radius 3 is 2.52 bits per heavy atom. The van der Waals surface area contributed by atoms with Crippen LogP contribution in [0, 0.1) is 18.4 Å². The van der Waals surface area contributed by atoms with Crippen LogP contribution in [0.2, 0.25) is 0 Å². The quantitative estimate of drug-likeness (QED) is 0.293. The normalized spacial score (nSPS) is 17.3. The summed E-state index contributed by atoms with van der Waals surface area (Å²) in [5.74, 6) is 2.46. The van der Waals surface area contributed by atoms with Crippen molar-refractivity contribution in [2.75, 3.05) is 6.61 Å². The second kappa shape index (κ2) is 10.0. The molecular weight excluding hydrogens is 304 g/mol. The molecule has 25 heavy (non-hydrogen) atoms. The van der Waals surface area contributed by atoms with Crippen molar-refractivity contribution >= 4 is 5.78 Å². The van der Waals surface area contributed by atoms with Crippen LogP contribution in [0.25, 0.3) is 0 Å². The van der Waals surface area contributed by atoms with Gasteiger partial charge in [0.25, 0.3) is 6.61 Å². The highest BCUT2D eigenvalue weighted by molar-refractivity contribution is 6.01. The lowest BCUT2D eigenvalue weighted by atomic mass is 9.94. The Balaban J connectivity index is 1.86. The SMILES string of the molecule is [CH-]=CC1=CC=C=CC1=C1C=CC(=[O+]CCC(C)CCCC(C)C)C=C1. The fraction of sp³-hybridized carbons (Fsp3) is 0.417. The van der Waals surface area contributed by atoms with Crippen molar-refractivity contribution in [1.29, 1.82) is 0 Å². The van der Waals surface area contributed by atoms with Gasteiger partial charge in [0.2, 0.25) is 0 Å². The van der Waals surface area contributed by atoms with Crippen LogP contribution in [0.15, 0.2) is 71.1 Å². The first-order valence-corrected chi connectivity index (χ1v) is 9.38. The summed E-state index contributed by atoms with van der Waals surface area (Å²) >= 11 is 0. The Hall–Kier alpha value is -2.11. The number of rotatable bonds is 8. The maximum atomic E-state index is 5.91. The van der Waals surface area contributed by atoms with Crippen LogP contribution in [-0.2, 0) is 4.42 Å². The molecule has 0 heterocycles. The van der Waals surface area contributed by atoms with E-state index in [2.05, 4.69) is 38.7 Å². The second-order valence-corrected chi connectivity index (χ2v) is 7.27. The molecule has 0 aliphatic heterocycles. The van der Waals surface area contributed by atoms with Gasteiger partial charge in [-0.25, -0.2) is 6.08 Å². The fourth-order valence-electron chi connectivity index (χ4n) is 2.97. The zero-order chi connectivity index (χ0) is 18.1. The van der Waals surface area contributed by atoms with E-state index in [1.807, 2.05) is 30.4 Å². The Morgan fingerprint density at radius 1 is 1.08 bits per heavy atom. The largest absolute Gasteiger partial charge is 0.343 e. The molecule has 0 aromatic carbocycles. The molecule has 2 aliphatic carbocycles. The molecule has 1 unspecified atom stereocenters. The van der Waals surface area contributed by atoms with Gasteiger partial charge in [-0.05, 0) is 41.7 Å². The third-order valence-corrected chi connectivity index (χ3v) is 4.60. The summed E-state index contributed by atoms with van der Waals surface area (Å²) in [5, 5.41) is 0. The van der Waals surface area contributed by atoms with Crippen LogP contribution in [0.1, 0.15) is 46.5 Å². The second-order valence-electron chi connectivity index (χ2n) is 7.27. The monoisotopic (exact) mass is 334 g/mol. The van der Waals surface area contributed by atoms with Gasteiger partial charge in [-0.2, -0.15) is 5.57 Å². The van der Waals surface area contributed by atoms with E-state index in [-0.39, 0.29) is 0 Å². The fourth-order valence-corrected chi connectivity index (χ4v) is 2.97. The molecule has 1 nitrogen and oxygen atoms in total. The zero-order valence-electron chi connectivity index (χ0n) is 15.8. The zero-order valence-corrected chi connectivity index (χ0v) is 15.8. The predicted molar refractivity (Wildman–Crippen MR) is 107 cm³/mol. The summed E-state index contributed by atoms with van der Waals surface area (Å²) in [6, 6.07) is 0. The van der Waals surface area contributed by atoms with Crippen molar-refractivity contribution in [3.05, 3.63) is 77.6 Å². The Bertz CT molecular complexity index is 668. The van der Waals surface area contributed by atoms with Crippen LogP contribution in [0.5, 0.6) is 0 Å². The number of hydrogen-bond donors (Lipinski definition) is 0. The maximum Gasteiger partial charge on any atom is 0.343 e. The lowest BCUT2D eigenvalue weighted by Gasteiger charge is -2.16. The molecule has 0 aromatic rings. The average molecular weight is 335 g/mol. The van der Waals surface area contributed by atoms with Gasteiger partial charge in [0, 0.05) is 18.6 Å². The van der Waals surface area contributed by atoms with Crippen molar-refractivity contribution in [3.63, 3.8) is 0 Å². The minimum Gasteiger partial charge on any atom is -0.292 e. The van der Waals surface area contributed by atoms with Gasteiger partial charge in [0.05, 0.1) is 0 Å². The Kier molecular flexibility index (Phi) is 7.70. The first-order valence-electron chi connectivity index (χ1n) is 9.38. The van der Waals surface area contributed by atoms with Crippen molar-refractivity contribution in [3.8, 4) is 0 Å². The molecule has 1 heteroatoms. The Morgan fingerprint density at radius 2 is 1.84 bits per heavy atom. The molecule has 0 aromatic heterocycles. The van der Waals surface area contributed by atoms with Gasteiger partial charge in [0.15, 0.2) is 0 Å². The number of hydrogen-bond acceptors (Lipinski definition) is 0. The van der Waals surface area contributed by atoms with Crippen LogP contribution < -0.4 is 0 Å². The maximum absolute atomic E-state index is 5.91. The van der Waals surface area contributed by atoms with Gasteiger partial charge >= 0.3 is 5.78 Å². The molecule has 0 N–H and O–H groups in total. The lowest BCUT2D eigenvalue weighted by Crippen LogP contribution is -2.05. The summed E-state index contributed by atoms with van der Waals surface area (Å²) in [5.41, 5.74) is 6.35. The average Bonchev–Trinajstić information content (AvgIpc) is 2.62. The summed E-state index contributed by atoms with van der Waals surface area (Å²) < 4.78 is 5.91. The molecule has 132 valence electrons. The van der Waals surface area contributed by atoms with Gasteiger partial charge < -0.3 is 0 Å². The Labute approximate surface area is 153 Å². The highest BCUT2D eigenvalue weighted by Crippen LogP contribution is 2.23. The number of ketones is 1. The van der Waals surface area contributed by atoms with Crippen LogP contribution in [0.4, 0.5) is 0 Å². The van der Waals surface area contributed by atoms with E-state index in [9.17, 15) is 0 Å². The van der Waals surface area contributed by atoms with E-state index < -0.39 is 0 Å². The molecule has 0 bridgehead atoms. The summed E-state index contributed by atoms with van der Waals surface area (Å²) in [6.07, 6.45) is 20.7. The highest BCUT2D eigenvalue weighted by Gasteiger charge is 2.11. The van der Waals surface area contributed by atoms with E-state index in [0.717, 1.165) is 47.4 Å². The summed E-state index contributed by atoms with van der Waals surface area (Å²) in [7, 11) is 0. The molecular formula is C24H30O. The van der Waals surface area contributed by atoms with E-state index in [1.54, 1.807) is 6.08 Å². The third-order valence-electron chi connectivity index (χ3n) is 4.60. The molecule has 1 atom stereocenters. The van der Waals surface area contributed by atoms with E-state index in [0.29, 0.717) is 0 Å². The van der Waals surface area contributed by atoms with Gasteiger partial charge in [-0.1, -0.05) is 45.6 Å².